The maximum absolute atomic E-state index is 4.64. The van der Waals surface area contributed by atoms with E-state index in [0.717, 1.165) is 24.0 Å². The lowest BCUT2D eigenvalue weighted by atomic mass is 10.2. The molecular formula is C19H23N5. The Labute approximate surface area is 143 Å². The molecule has 0 unspecified atom stereocenters. The van der Waals surface area contributed by atoms with E-state index in [1.807, 2.05) is 37.8 Å². The van der Waals surface area contributed by atoms with Crippen LogP contribution in [0.1, 0.15) is 37.0 Å². The maximum Gasteiger partial charge on any atom is 0.133 e. The van der Waals surface area contributed by atoms with Gasteiger partial charge >= 0.3 is 0 Å². The van der Waals surface area contributed by atoms with Crippen LogP contribution in [0.15, 0.2) is 55.0 Å². The first-order chi connectivity index (χ1) is 11.6. The van der Waals surface area contributed by atoms with Crippen LogP contribution >= 0.6 is 0 Å². The van der Waals surface area contributed by atoms with Gasteiger partial charge in [0.1, 0.15) is 17.5 Å². The third-order valence-electron chi connectivity index (χ3n) is 3.94. The minimum atomic E-state index is 0.318. The van der Waals surface area contributed by atoms with Crippen molar-refractivity contribution in [3.8, 4) is 0 Å². The Morgan fingerprint density at radius 3 is 2.58 bits per heavy atom. The van der Waals surface area contributed by atoms with Crippen LogP contribution in [-0.2, 0) is 13.1 Å². The predicted octanol–water partition coefficient (Wildman–Crippen LogP) is 3.48. The first-order valence-corrected chi connectivity index (χ1v) is 8.21. The van der Waals surface area contributed by atoms with Gasteiger partial charge < -0.3 is 9.47 Å². The summed E-state index contributed by atoms with van der Waals surface area (Å²) in [5, 5.41) is 0. The van der Waals surface area contributed by atoms with Crippen LogP contribution < -0.4 is 4.90 Å². The molecule has 124 valence electrons. The Morgan fingerprint density at radius 2 is 1.83 bits per heavy atom. The fraction of sp³-hybridized carbons (Fsp3) is 0.316. The molecule has 0 bridgehead atoms. The minimum absolute atomic E-state index is 0.318. The summed E-state index contributed by atoms with van der Waals surface area (Å²) in [7, 11) is 2.04. The molecule has 24 heavy (non-hydrogen) atoms. The van der Waals surface area contributed by atoms with Crippen LogP contribution in [0.2, 0.25) is 0 Å². The van der Waals surface area contributed by atoms with Gasteiger partial charge in [0.15, 0.2) is 0 Å². The number of aromatic nitrogens is 4. The van der Waals surface area contributed by atoms with Gasteiger partial charge in [-0.15, -0.1) is 0 Å². The molecule has 0 aliphatic rings. The minimum Gasteiger partial charge on any atom is -0.352 e. The Kier molecular flexibility index (Phi) is 4.89. The van der Waals surface area contributed by atoms with Crippen molar-refractivity contribution in [3.05, 3.63) is 72.2 Å². The second-order valence-electron chi connectivity index (χ2n) is 6.24. The van der Waals surface area contributed by atoms with E-state index in [0.29, 0.717) is 12.5 Å². The zero-order chi connectivity index (χ0) is 16.9. The van der Waals surface area contributed by atoms with Gasteiger partial charge in [0.25, 0.3) is 0 Å². The van der Waals surface area contributed by atoms with Gasteiger partial charge in [-0.3, -0.25) is 0 Å². The number of hydrogen-bond acceptors (Lipinski definition) is 4. The molecule has 2 aromatic heterocycles. The van der Waals surface area contributed by atoms with E-state index in [9.17, 15) is 0 Å². The van der Waals surface area contributed by atoms with Crippen molar-refractivity contribution in [3.63, 3.8) is 0 Å². The molecule has 0 atom stereocenters. The number of anilines is 1. The van der Waals surface area contributed by atoms with Gasteiger partial charge in [0, 0.05) is 38.1 Å². The first kappa shape index (κ1) is 16.2. The van der Waals surface area contributed by atoms with Gasteiger partial charge in [-0.1, -0.05) is 44.2 Å². The van der Waals surface area contributed by atoms with E-state index in [-0.39, 0.29) is 0 Å². The molecule has 0 fully saturated rings. The molecule has 0 aliphatic carbocycles. The molecule has 0 spiro atoms. The largest absolute Gasteiger partial charge is 0.352 e. The normalized spacial score (nSPS) is 11.0. The zero-order valence-corrected chi connectivity index (χ0v) is 14.4. The van der Waals surface area contributed by atoms with Gasteiger partial charge in [-0.2, -0.15) is 0 Å². The Hall–Kier alpha value is -2.69. The van der Waals surface area contributed by atoms with Crippen molar-refractivity contribution < 1.29 is 0 Å². The summed E-state index contributed by atoms with van der Waals surface area (Å²) in [5.74, 6) is 3.12. The molecule has 0 saturated heterocycles. The Balaban J connectivity index is 1.74. The molecule has 3 aromatic rings. The molecule has 1 aromatic carbocycles. The van der Waals surface area contributed by atoms with Crippen molar-refractivity contribution in [2.75, 3.05) is 11.9 Å². The smallest absolute Gasteiger partial charge is 0.133 e. The fourth-order valence-electron chi connectivity index (χ4n) is 2.56. The molecule has 0 saturated carbocycles. The number of benzene rings is 1. The van der Waals surface area contributed by atoms with Crippen LogP contribution in [0.3, 0.4) is 0 Å². The lowest BCUT2D eigenvalue weighted by Crippen LogP contribution is -2.21. The quantitative estimate of drug-likeness (QED) is 0.697. The third-order valence-corrected chi connectivity index (χ3v) is 3.94. The number of hydrogen-bond donors (Lipinski definition) is 0. The highest BCUT2D eigenvalue weighted by molar-refractivity contribution is 5.36. The van der Waals surface area contributed by atoms with Crippen molar-refractivity contribution in [2.24, 2.45) is 0 Å². The second kappa shape index (κ2) is 7.25. The van der Waals surface area contributed by atoms with Crippen LogP contribution in [-0.4, -0.2) is 26.6 Å². The van der Waals surface area contributed by atoms with Crippen LogP contribution in [0, 0.1) is 0 Å². The van der Waals surface area contributed by atoms with Gasteiger partial charge in [0.2, 0.25) is 0 Å². The van der Waals surface area contributed by atoms with Gasteiger partial charge in [-0.25, -0.2) is 15.0 Å². The van der Waals surface area contributed by atoms with E-state index in [1.165, 1.54) is 5.56 Å². The summed E-state index contributed by atoms with van der Waals surface area (Å²) in [4.78, 5) is 15.6. The van der Waals surface area contributed by atoms with Crippen molar-refractivity contribution in [1.82, 2.24) is 19.5 Å². The lowest BCUT2D eigenvalue weighted by molar-refractivity contribution is 0.698. The lowest BCUT2D eigenvalue weighted by Gasteiger charge is -2.19. The molecule has 5 nitrogen and oxygen atoms in total. The van der Waals surface area contributed by atoms with Gasteiger partial charge in [-0.05, 0) is 11.6 Å². The molecule has 0 amide bonds. The molecule has 5 heteroatoms. The summed E-state index contributed by atoms with van der Waals surface area (Å²) in [5.41, 5.74) is 1.27. The van der Waals surface area contributed by atoms with E-state index in [4.69, 9.17) is 0 Å². The summed E-state index contributed by atoms with van der Waals surface area (Å²) in [6, 6.07) is 12.4. The molecule has 2 heterocycles. The summed E-state index contributed by atoms with van der Waals surface area (Å²) in [6.07, 6.45) is 5.70. The van der Waals surface area contributed by atoms with E-state index < -0.39 is 0 Å². The Morgan fingerprint density at radius 1 is 1.04 bits per heavy atom. The molecular weight excluding hydrogens is 298 g/mol. The third kappa shape index (κ3) is 3.79. The highest BCUT2D eigenvalue weighted by atomic mass is 15.2. The monoisotopic (exact) mass is 321 g/mol. The van der Waals surface area contributed by atoms with Crippen molar-refractivity contribution >= 4 is 5.82 Å². The fourth-order valence-corrected chi connectivity index (χ4v) is 2.56. The van der Waals surface area contributed by atoms with E-state index in [1.54, 1.807) is 0 Å². The van der Waals surface area contributed by atoms with Crippen LogP contribution in [0.4, 0.5) is 5.82 Å². The SMILES string of the molecule is CC(C)c1nccc(N(C)Cc2nccn2Cc2ccccc2)n1. The number of imidazole rings is 1. The molecule has 0 aliphatic heterocycles. The first-order valence-electron chi connectivity index (χ1n) is 8.21. The van der Waals surface area contributed by atoms with Crippen molar-refractivity contribution in [1.29, 1.82) is 0 Å². The maximum atomic E-state index is 4.64. The molecule has 3 rings (SSSR count). The van der Waals surface area contributed by atoms with Crippen LogP contribution in [0.25, 0.3) is 0 Å². The standard InChI is InChI=1S/C19H23N5/c1-15(2)19-21-10-9-17(22-19)23(3)14-18-20-11-12-24(18)13-16-7-5-4-6-8-16/h4-12,15H,13-14H2,1-3H3. The molecule has 0 radical (unpaired) electrons. The van der Waals surface area contributed by atoms with Crippen LogP contribution in [0.5, 0.6) is 0 Å². The van der Waals surface area contributed by atoms with Crippen molar-refractivity contribution in [2.45, 2.75) is 32.9 Å². The van der Waals surface area contributed by atoms with E-state index in [2.05, 4.69) is 62.5 Å². The summed E-state index contributed by atoms with van der Waals surface area (Å²) < 4.78 is 2.18. The highest BCUT2D eigenvalue weighted by Gasteiger charge is 2.11. The van der Waals surface area contributed by atoms with Gasteiger partial charge in [0.05, 0.1) is 6.54 Å². The predicted molar refractivity (Wildman–Crippen MR) is 96.0 cm³/mol. The summed E-state index contributed by atoms with van der Waals surface area (Å²) in [6.45, 7) is 5.73. The molecule has 0 N–H and O–H groups in total. The Bertz CT molecular complexity index is 779. The summed E-state index contributed by atoms with van der Waals surface area (Å²) >= 11 is 0. The topological polar surface area (TPSA) is 46.8 Å². The zero-order valence-electron chi connectivity index (χ0n) is 14.4. The average molecular weight is 321 g/mol. The average Bonchev–Trinajstić information content (AvgIpc) is 3.02. The number of rotatable bonds is 6. The van der Waals surface area contributed by atoms with E-state index >= 15 is 0 Å². The second-order valence-corrected chi connectivity index (χ2v) is 6.24. The number of nitrogens with zero attached hydrogens (tertiary/aromatic N) is 5. The highest BCUT2D eigenvalue weighted by Crippen LogP contribution is 2.16.